The van der Waals surface area contributed by atoms with E-state index in [-0.39, 0.29) is 5.91 Å². The van der Waals surface area contributed by atoms with Crippen molar-refractivity contribution >= 4 is 11.7 Å². The van der Waals surface area contributed by atoms with Gasteiger partial charge in [-0.3, -0.25) is 4.79 Å². The van der Waals surface area contributed by atoms with Gasteiger partial charge in [-0.1, -0.05) is 12.8 Å². The predicted octanol–water partition coefficient (Wildman–Crippen LogP) is 1.62. The summed E-state index contributed by atoms with van der Waals surface area (Å²) in [5, 5.41) is 0. The number of carbonyl (C=O) groups excluding carboxylic acids is 1. The third-order valence-electron chi connectivity index (χ3n) is 4.39. The summed E-state index contributed by atoms with van der Waals surface area (Å²) in [5.41, 5.74) is 0.941. The standard InChI is InChI=1S/C15H22N4O/c1-12-8-14(17-11-16-12)18-6-7-19(15(20)10-18)9-13-4-2-3-5-13/h8,11,13H,2-7,9-10H2,1H3. The van der Waals surface area contributed by atoms with Crippen LogP contribution in [0.3, 0.4) is 0 Å². The van der Waals surface area contributed by atoms with Gasteiger partial charge in [0.25, 0.3) is 0 Å². The molecule has 0 bridgehead atoms. The molecule has 2 fully saturated rings. The summed E-state index contributed by atoms with van der Waals surface area (Å²) in [6.45, 7) is 5.04. The van der Waals surface area contributed by atoms with Crippen LogP contribution < -0.4 is 4.90 Å². The summed E-state index contributed by atoms with van der Waals surface area (Å²) in [7, 11) is 0. The van der Waals surface area contributed by atoms with Crippen LogP contribution in [-0.4, -0.2) is 47.0 Å². The minimum atomic E-state index is 0.236. The van der Waals surface area contributed by atoms with Crippen LogP contribution in [0.4, 0.5) is 5.82 Å². The number of aromatic nitrogens is 2. The lowest BCUT2D eigenvalue weighted by atomic mass is 10.1. The number of piperazine rings is 1. The highest BCUT2D eigenvalue weighted by molar-refractivity contribution is 5.82. The van der Waals surface area contributed by atoms with E-state index in [9.17, 15) is 4.79 Å². The maximum absolute atomic E-state index is 12.3. The van der Waals surface area contributed by atoms with Crippen molar-refractivity contribution < 1.29 is 4.79 Å². The first-order valence-electron chi connectivity index (χ1n) is 7.54. The Labute approximate surface area is 120 Å². The van der Waals surface area contributed by atoms with Gasteiger partial charge < -0.3 is 9.80 Å². The van der Waals surface area contributed by atoms with E-state index in [1.165, 1.54) is 25.7 Å². The maximum atomic E-state index is 12.3. The first-order valence-corrected chi connectivity index (χ1v) is 7.54. The number of amides is 1. The summed E-state index contributed by atoms with van der Waals surface area (Å²) in [4.78, 5) is 24.8. The summed E-state index contributed by atoms with van der Waals surface area (Å²) in [6.07, 6.45) is 6.81. The van der Waals surface area contributed by atoms with Crippen molar-refractivity contribution in [1.82, 2.24) is 14.9 Å². The first-order chi connectivity index (χ1) is 9.72. The van der Waals surface area contributed by atoms with Crippen LogP contribution in [0, 0.1) is 12.8 Å². The monoisotopic (exact) mass is 274 g/mol. The molecule has 108 valence electrons. The number of carbonyl (C=O) groups is 1. The van der Waals surface area contributed by atoms with E-state index in [0.717, 1.165) is 37.1 Å². The molecule has 0 unspecified atom stereocenters. The number of hydrogen-bond acceptors (Lipinski definition) is 4. The van der Waals surface area contributed by atoms with E-state index in [4.69, 9.17) is 0 Å². The SMILES string of the molecule is Cc1cc(N2CCN(CC3CCCC3)C(=O)C2)ncn1. The van der Waals surface area contributed by atoms with Gasteiger partial charge in [-0.15, -0.1) is 0 Å². The molecule has 0 aromatic carbocycles. The lowest BCUT2D eigenvalue weighted by Gasteiger charge is -2.36. The zero-order chi connectivity index (χ0) is 13.9. The molecule has 0 N–H and O–H groups in total. The molecule has 1 aromatic rings. The van der Waals surface area contributed by atoms with Gasteiger partial charge in [0.05, 0.1) is 6.54 Å². The van der Waals surface area contributed by atoms with Gasteiger partial charge in [0, 0.05) is 31.4 Å². The van der Waals surface area contributed by atoms with Gasteiger partial charge in [0.1, 0.15) is 12.1 Å². The van der Waals surface area contributed by atoms with Crippen molar-refractivity contribution in [2.24, 2.45) is 5.92 Å². The largest absolute Gasteiger partial charge is 0.345 e. The summed E-state index contributed by atoms with van der Waals surface area (Å²) < 4.78 is 0. The van der Waals surface area contributed by atoms with Crippen molar-refractivity contribution in [1.29, 1.82) is 0 Å². The Bertz CT molecular complexity index is 485. The van der Waals surface area contributed by atoms with E-state index in [1.54, 1.807) is 6.33 Å². The third kappa shape index (κ3) is 2.92. The van der Waals surface area contributed by atoms with Gasteiger partial charge in [-0.2, -0.15) is 0 Å². The fourth-order valence-electron chi connectivity index (χ4n) is 3.22. The van der Waals surface area contributed by atoms with Gasteiger partial charge in [0.2, 0.25) is 5.91 Å². The van der Waals surface area contributed by atoms with Crippen molar-refractivity contribution in [2.75, 3.05) is 31.1 Å². The van der Waals surface area contributed by atoms with Crippen molar-refractivity contribution in [3.8, 4) is 0 Å². The second-order valence-electron chi connectivity index (χ2n) is 5.93. The third-order valence-corrected chi connectivity index (χ3v) is 4.39. The zero-order valence-electron chi connectivity index (χ0n) is 12.1. The van der Waals surface area contributed by atoms with E-state index in [0.29, 0.717) is 6.54 Å². The van der Waals surface area contributed by atoms with Crippen LogP contribution in [0.1, 0.15) is 31.4 Å². The van der Waals surface area contributed by atoms with E-state index in [2.05, 4.69) is 14.9 Å². The Kier molecular flexibility index (Phi) is 3.85. The molecule has 5 heteroatoms. The molecular weight excluding hydrogens is 252 g/mol. The molecular formula is C15H22N4O. The lowest BCUT2D eigenvalue weighted by Crippen LogP contribution is -2.51. The highest BCUT2D eigenvalue weighted by atomic mass is 16.2. The Morgan fingerprint density at radius 3 is 2.75 bits per heavy atom. The molecule has 2 heterocycles. The Balaban J connectivity index is 1.60. The Morgan fingerprint density at radius 2 is 2.05 bits per heavy atom. The van der Waals surface area contributed by atoms with Crippen LogP contribution >= 0.6 is 0 Å². The van der Waals surface area contributed by atoms with E-state index < -0.39 is 0 Å². The quantitative estimate of drug-likeness (QED) is 0.840. The molecule has 1 saturated carbocycles. The molecule has 5 nitrogen and oxygen atoms in total. The van der Waals surface area contributed by atoms with Crippen molar-refractivity contribution in [2.45, 2.75) is 32.6 Å². The highest BCUT2D eigenvalue weighted by Crippen LogP contribution is 2.26. The van der Waals surface area contributed by atoms with Crippen molar-refractivity contribution in [3.63, 3.8) is 0 Å². The summed E-state index contributed by atoms with van der Waals surface area (Å²) >= 11 is 0. The maximum Gasteiger partial charge on any atom is 0.242 e. The highest BCUT2D eigenvalue weighted by Gasteiger charge is 2.27. The van der Waals surface area contributed by atoms with Crippen LogP contribution in [0.15, 0.2) is 12.4 Å². The molecule has 0 radical (unpaired) electrons. The van der Waals surface area contributed by atoms with Gasteiger partial charge in [0.15, 0.2) is 0 Å². The number of hydrogen-bond donors (Lipinski definition) is 0. The smallest absolute Gasteiger partial charge is 0.242 e. The average Bonchev–Trinajstić information content (AvgIpc) is 2.94. The summed E-state index contributed by atoms with van der Waals surface area (Å²) in [5.74, 6) is 1.83. The Hall–Kier alpha value is -1.65. The molecule has 1 saturated heterocycles. The van der Waals surface area contributed by atoms with E-state index in [1.807, 2.05) is 17.9 Å². The second kappa shape index (κ2) is 5.77. The van der Waals surface area contributed by atoms with Gasteiger partial charge in [-0.25, -0.2) is 9.97 Å². The fraction of sp³-hybridized carbons (Fsp3) is 0.667. The lowest BCUT2D eigenvalue weighted by molar-refractivity contribution is -0.131. The zero-order valence-corrected chi connectivity index (χ0v) is 12.1. The fourth-order valence-corrected chi connectivity index (χ4v) is 3.22. The molecule has 2 aliphatic rings. The minimum absolute atomic E-state index is 0.236. The normalized spacial score (nSPS) is 20.8. The van der Waals surface area contributed by atoms with Crippen LogP contribution in [0.2, 0.25) is 0 Å². The van der Waals surface area contributed by atoms with Gasteiger partial charge in [-0.05, 0) is 25.7 Å². The second-order valence-corrected chi connectivity index (χ2v) is 5.93. The van der Waals surface area contributed by atoms with Crippen molar-refractivity contribution in [3.05, 3.63) is 18.1 Å². The molecule has 1 aromatic heterocycles. The van der Waals surface area contributed by atoms with Crippen LogP contribution in [0.5, 0.6) is 0 Å². The molecule has 1 amide bonds. The number of nitrogens with zero attached hydrogens (tertiary/aromatic N) is 4. The van der Waals surface area contributed by atoms with Gasteiger partial charge >= 0.3 is 0 Å². The molecule has 0 spiro atoms. The predicted molar refractivity (Wildman–Crippen MR) is 77.5 cm³/mol. The first kappa shape index (κ1) is 13.3. The summed E-state index contributed by atoms with van der Waals surface area (Å²) in [6, 6.07) is 1.94. The molecule has 1 aliphatic heterocycles. The number of anilines is 1. The molecule has 20 heavy (non-hydrogen) atoms. The van der Waals surface area contributed by atoms with Crippen LogP contribution in [0.25, 0.3) is 0 Å². The topological polar surface area (TPSA) is 49.3 Å². The minimum Gasteiger partial charge on any atom is -0.345 e. The molecule has 3 rings (SSSR count). The molecule has 1 aliphatic carbocycles. The molecule has 0 atom stereocenters. The average molecular weight is 274 g/mol. The van der Waals surface area contributed by atoms with Crippen LogP contribution in [-0.2, 0) is 4.79 Å². The number of aryl methyl sites for hydroxylation is 1. The van der Waals surface area contributed by atoms with E-state index >= 15 is 0 Å². The number of rotatable bonds is 3. The Morgan fingerprint density at radius 1 is 1.25 bits per heavy atom.